The Morgan fingerprint density at radius 2 is 1.83 bits per heavy atom. The number of hydrogen-bond donors (Lipinski definition) is 1. The normalized spacial score (nSPS) is 16.8. The van der Waals surface area contributed by atoms with Crippen LogP contribution in [0.25, 0.3) is 10.1 Å². The van der Waals surface area contributed by atoms with Crippen molar-refractivity contribution in [3.8, 4) is 0 Å². The van der Waals surface area contributed by atoms with Crippen LogP contribution in [0.3, 0.4) is 0 Å². The molecule has 0 saturated carbocycles. The standard InChI is InChI=1S/C22H22N2O4S2/c1-2-30(27,28)18-10-6-4-8-16(18)22(26)24-12-11-14(13-24)19-15-7-3-5-9-17(15)29-20(19)21(23)25/h3-10,14H,2,11-13H2,1H3,(H2,23,25). The SMILES string of the molecule is CCS(=O)(=O)c1ccccc1C(=O)N1CCC(c2c(C(N)=O)sc3ccccc23)C1. The predicted molar refractivity (Wildman–Crippen MR) is 118 cm³/mol. The number of thiophene rings is 1. The Hall–Kier alpha value is -2.71. The summed E-state index contributed by atoms with van der Waals surface area (Å²) in [6.07, 6.45) is 0.690. The van der Waals surface area contributed by atoms with Crippen molar-refractivity contribution < 1.29 is 18.0 Å². The number of hydrogen-bond acceptors (Lipinski definition) is 5. The van der Waals surface area contributed by atoms with Gasteiger partial charge in [-0.3, -0.25) is 9.59 Å². The van der Waals surface area contributed by atoms with E-state index < -0.39 is 15.7 Å². The predicted octanol–water partition coefficient (Wildman–Crippen LogP) is 3.42. The highest BCUT2D eigenvalue weighted by Crippen LogP contribution is 2.40. The Balaban J connectivity index is 1.67. The van der Waals surface area contributed by atoms with Crippen LogP contribution < -0.4 is 5.73 Å². The number of carbonyl (C=O) groups is 2. The Labute approximate surface area is 179 Å². The molecule has 3 aromatic rings. The molecule has 4 rings (SSSR count). The molecule has 1 aromatic heterocycles. The van der Waals surface area contributed by atoms with E-state index in [9.17, 15) is 18.0 Å². The molecule has 0 spiro atoms. The minimum absolute atomic E-state index is 0.0254. The molecule has 30 heavy (non-hydrogen) atoms. The summed E-state index contributed by atoms with van der Waals surface area (Å²) in [5.41, 5.74) is 6.73. The lowest BCUT2D eigenvalue weighted by molar-refractivity contribution is 0.0787. The molecule has 1 aliphatic heterocycles. The number of nitrogens with zero attached hydrogens (tertiary/aromatic N) is 1. The zero-order valence-electron chi connectivity index (χ0n) is 16.5. The molecule has 0 bridgehead atoms. The number of primary amides is 1. The lowest BCUT2D eigenvalue weighted by Gasteiger charge is -2.19. The zero-order chi connectivity index (χ0) is 21.5. The van der Waals surface area contributed by atoms with Gasteiger partial charge in [0.05, 0.1) is 21.1 Å². The maximum atomic E-state index is 13.2. The molecule has 2 amide bonds. The van der Waals surface area contributed by atoms with Crippen molar-refractivity contribution in [2.24, 2.45) is 5.73 Å². The van der Waals surface area contributed by atoms with Crippen molar-refractivity contribution in [1.82, 2.24) is 4.90 Å². The fourth-order valence-electron chi connectivity index (χ4n) is 4.07. The third-order valence-corrected chi connectivity index (χ3v) is 8.56. The summed E-state index contributed by atoms with van der Waals surface area (Å²) < 4.78 is 25.9. The topological polar surface area (TPSA) is 97.5 Å². The highest BCUT2D eigenvalue weighted by Gasteiger charge is 2.34. The first kappa shape index (κ1) is 20.6. The van der Waals surface area contributed by atoms with Gasteiger partial charge in [-0.2, -0.15) is 0 Å². The van der Waals surface area contributed by atoms with Gasteiger partial charge in [0.15, 0.2) is 9.84 Å². The van der Waals surface area contributed by atoms with Crippen molar-refractivity contribution in [3.05, 3.63) is 64.5 Å². The lowest BCUT2D eigenvalue weighted by Crippen LogP contribution is -2.30. The number of benzene rings is 2. The van der Waals surface area contributed by atoms with Gasteiger partial charge in [-0.1, -0.05) is 37.3 Å². The van der Waals surface area contributed by atoms with Gasteiger partial charge in [-0.05, 0) is 35.6 Å². The molecule has 1 saturated heterocycles. The molecule has 6 nitrogen and oxygen atoms in total. The molecule has 1 atom stereocenters. The number of carbonyl (C=O) groups excluding carboxylic acids is 2. The molecular formula is C22H22N2O4S2. The number of likely N-dealkylation sites (tertiary alicyclic amines) is 1. The van der Waals surface area contributed by atoms with Gasteiger partial charge < -0.3 is 10.6 Å². The maximum Gasteiger partial charge on any atom is 0.259 e. The first-order chi connectivity index (χ1) is 14.3. The number of rotatable bonds is 5. The third kappa shape index (κ3) is 3.50. The summed E-state index contributed by atoms with van der Waals surface area (Å²) >= 11 is 1.38. The van der Waals surface area contributed by atoms with Crippen LogP contribution in [-0.2, 0) is 9.84 Å². The molecule has 1 fully saturated rings. The van der Waals surface area contributed by atoms with E-state index in [1.54, 1.807) is 30.0 Å². The van der Waals surface area contributed by atoms with Crippen LogP contribution in [0.1, 0.15) is 44.9 Å². The Morgan fingerprint density at radius 3 is 2.57 bits per heavy atom. The van der Waals surface area contributed by atoms with Crippen LogP contribution in [-0.4, -0.2) is 44.0 Å². The first-order valence-electron chi connectivity index (χ1n) is 9.75. The molecule has 1 unspecified atom stereocenters. The second-order valence-corrected chi connectivity index (χ2v) is 10.6. The van der Waals surface area contributed by atoms with Crippen molar-refractivity contribution in [2.45, 2.75) is 24.2 Å². The van der Waals surface area contributed by atoms with E-state index in [0.29, 0.717) is 24.4 Å². The van der Waals surface area contributed by atoms with Crippen molar-refractivity contribution in [3.63, 3.8) is 0 Å². The van der Waals surface area contributed by atoms with Crippen LogP contribution >= 0.6 is 11.3 Å². The Kier molecular flexibility index (Phi) is 5.38. The van der Waals surface area contributed by atoms with E-state index >= 15 is 0 Å². The van der Waals surface area contributed by atoms with E-state index in [4.69, 9.17) is 5.73 Å². The van der Waals surface area contributed by atoms with Crippen LogP contribution in [0.15, 0.2) is 53.4 Å². The molecule has 156 valence electrons. The fraction of sp³-hybridized carbons (Fsp3) is 0.273. The summed E-state index contributed by atoms with van der Waals surface area (Å²) in [5.74, 6) is -0.855. The molecule has 0 aliphatic carbocycles. The average Bonchev–Trinajstić information content (AvgIpc) is 3.38. The van der Waals surface area contributed by atoms with E-state index in [1.807, 2.05) is 24.3 Å². The van der Waals surface area contributed by atoms with Crippen LogP contribution in [0.5, 0.6) is 0 Å². The second-order valence-electron chi connectivity index (χ2n) is 7.34. The molecule has 2 heterocycles. The molecular weight excluding hydrogens is 420 g/mol. The molecule has 2 aromatic carbocycles. The average molecular weight is 443 g/mol. The van der Waals surface area contributed by atoms with Gasteiger partial charge in [0.2, 0.25) is 0 Å². The second kappa shape index (κ2) is 7.85. The summed E-state index contributed by atoms with van der Waals surface area (Å²) in [4.78, 5) is 27.5. The first-order valence-corrected chi connectivity index (χ1v) is 12.2. The number of sulfone groups is 1. The van der Waals surface area contributed by atoms with Crippen molar-refractivity contribution >= 4 is 43.1 Å². The molecule has 1 aliphatic rings. The smallest absolute Gasteiger partial charge is 0.259 e. The summed E-state index contributed by atoms with van der Waals surface area (Å²) in [5, 5.41) is 0.990. The third-order valence-electron chi connectivity index (χ3n) is 5.57. The largest absolute Gasteiger partial charge is 0.365 e. The number of amides is 2. The van der Waals surface area contributed by atoms with Gasteiger partial charge in [0, 0.05) is 23.7 Å². The minimum atomic E-state index is -3.51. The molecule has 0 radical (unpaired) electrons. The number of nitrogens with two attached hydrogens (primary N) is 1. The van der Waals surface area contributed by atoms with Gasteiger partial charge in [-0.15, -0.1) is 11.3 Å². The summed E-state index contributed by atoms with van der Waals surface area (Å²) in [6, 6.07) is 14.1. The summed E-state index contributed by atoms with van der Waals surface area (Å²) in [7, 11) is -3.51. The van der Waals surface area contributed by atoms with Crippen LogP contribution in [0, 0.1) is 0 Å². The Morgan fingerprint density at radius 1 is 1.13 bits per heavy atom. The van der Waals surface area contributed by atoms with E-state index in [2.05, 4.69) is 0 Å². The van der Waals surface area contributed by atoms with Gasteiger partial charge in [-0.25, -0.2) is 8.42 Å². The van der Waals surface area contributed by atoms with Gasteiger partial charge in [0.25, 0.3) is 11.8 Å². The number of fused-ring (bicyclic) bond motifs is 1. The van der Waals surface area contributed by atoms with E-state index in [0.717, 1.165) is 15.6 Å². The summed E-state index contributed by atoms with van der Waals surface area (Å²) in [6.45, 7) is 2.47. The fourth-order valence-corrected chi connectivity index (χ4v) is 6.30. The molecule has 8 heteroatoms. The van der Waals surface area contributed by atoms with E-state index in [1.165, 1.54) is 17.4 Å². The van der Waals surface area contributed by atoms with E-state index in [-0.39, 0.29) is 28.0 Å². The Bertz CT molecular complexity index is 1250. The quantitative estimate of drug-likeness (QED) is 0.655. The van der Waals surface area contributed by atoms with Crippen LogP contribution in [0.4, 0.5) is 0 Å². The lowest BCUT2D eigenvalue weighted by atomic mass is 9.95. The maximum absolute atomic E-state index is 13.2. The monoisotopic (exact) mass is 442 g/mol. The van der Waals surface area contributed by atoms with Crippen LogP contribution in [0.2, 0.25) is 0 Å². The zero-order valence-corrected chi connectivity index (χ0v) is 18.1. The van der Waals surface area contributed by atoms with Crippen molar-refractivity contribution in [1.29, 1.82) is 0 Å². The highest BCUT2D eigenvalue weighted by molar-refractivity contribution is 7.91. The highest BCUT2D eigenvalue weighted by atomic mass is 32.2. The van der Waals surface area contributed by atoms with Gasteiger partial charge in [0.1, 0.15) is 0 Å². The molecule has 2 N–H and O–H groups in total. The van der Waals surface area contributed by atoms with Gasteiger partial charge >= 0.3 is 0 Å². The minimum Gasteiger partial charge on any atom is -0.365 e. The van der Waals surface area contributed by atoms with Crippen molar-refractivity contribution in [2.75, 3.05) is 18.8 Å².